The van der Waals surface area contributed by atoms with Gasteiger partial charge in [0.25, 0.3) is 0 Å². The van der Waals surface area contributed by atoms with Crippen LogP contribution in [0.2, 0.25) is 0 Å². The highest BCUT2D eigenvalue weighted by atomic mass is 32.1. The molecule has 2 N–H and O–H groups in total. The Labute approximate surface area is 138 Å². The number of carbonyl (C=O) groups is 2. The molecular weight excluding hydrogens is 308 g/mol. The molecule has 4 nitrogen and oxygen atoms in total. The lowest BCUT2D eigenvalue weighted by atomic mass is 10.0. The van der Waals surface area contributed by atoms with Crippen LogP contribution in [0.15, 0.2) is 48.5 Å². The molecule has 23 heavy (non-hydrogen) atoms. The zero-order valence-corrected chi connectivity index (χ0v) is 13.3. The molecule has 0 unspecified atom stereocenters. The molecule has 116 valence electrons. The van der Waals surface area contributed by atoms with Gasteiger partial charge in [0, 0.05) is 12.0 Å². The summed E-state index contributed by atoms with van der Waals surface area (Å²) in [5.74, 6) is -0.388. The van der Waals surface area contributed by atoms with Crippen LogP contribution >= 0.6 is 11.3 Å². The van der Waals surface area contributed by atoms with Gasteiger partial charge in [0.15, 0.2) is 10.8 Å². The molecule has 1 heterocycles. The van der Waals surface area contributed by atoms with Crippen molar-refractivity contribution in [2.75, 3.05) is 0 Å². The minimum atomic E-state index is -0.432. The highest BCUT2D eigenvalue weighted by molar-refractivity contribution is 7.20. The Morgan fingerprint density at radius 3 is 2.57 bits per heavy atom. The number of carbonyl (C=O) groups excluding carboxylic acids is 2. The number of hydrogen-bond donors (Lipinski definition) is 1. The number of primary amides is 1. The second-order valence-electron chi connectivity index (χ2n) is 5.28. The molecule has 1 amide bonds. The number of thiazole rings is 1. The smallest absolute Gasteiger partial charge is 0.248 e. The Morgan fingerprint density at radius 1 is 1.04 bits per heavy atom. The minimum absolute atomic E-state index is 0.0442. The monoisotopic (exact) mass is 324 g/mol. The molecule has 0 aliphatic carbocycles. The number of ketones is 1. The summed E-state index contributed by atoms with van der Waals surface area (Å²) >= 11 is 1.42. The topological polar surface area (TPSA) is 73.1 Å². The van der Waals surface area contributed by atoms with Crippen molar-refractivity contribution in [3.63, 3.8) is 0 Å². The zero-order chi connectivity index (χ0) is 16.2. The number of hydrogen-bond acceptors (Lipinski definition) is 4. The molecule has 0 aliphatic heterocycles. The Kier molecular flexibility index (Phi) is 4.48. The van der Waals surface area contributed by atoms with Gasteiger partial charge in [0.2, 0.25) is 5.91 Å². The average Bonchev–Trinajstić information content (AvgIpc) is 2.99. The molecule has 0 radical (unpaired) electrons. The number of aryl methyl sites for hydroxylation is 1. The Bertz CT molecular complexity index is 837. The second-order valence-corrected chi connectivity index (χ2v) is 6.32. The summed E-state index contributed by atoms with van der Waals surface area (Å²) < 4.78 is 1.02. The number of rotatable bonds is 6. The van der Waals surface area contributed by atoms with Gasteiger partial charge in [0.05, 0.1) is 10.2 Å². The predicted octanol–water partition coefficient (Wildman–Crippen LogP) is 3.60. The van der Waals surface area contributed by atoms with Gasteiger partial charge in [-0.15, -0.1) is 11.3 Å². The normalized spacial score (nSPS) is 10.8. The second kappa shape index (κ2) is 6.71. The van der Waals surface area contributed by atoms with Crippen molar-refractivity contribution < 1.29 is 9.59 Å². The molecule has 3 rings (SSSR count). The molecule has 0 atom stereocenters. The molecule has 0 spiro atoms. The molecule has 0 bridgehead atoms. The van der Waals surface area contributed by atoms with Crippen LogP contribution in [0.1, 0.15) is 38.6 Å². The molecule has 1 aromatic heterocycles. The van der Waals surface area contributed by atoms with E-state index in [1.54, 1.807) is 12.1 Å². The van der Waals surface area contributed by atoms with E-state index in [9.17, 15) is 9.59 Å². The summed E-state index contributed by atoms with van der Waals surface area (Å²) in [5.41, 5.74) is 7.64. The van der Waals surface area contributed by atoms with Gasteiger partial charge < -0.3 is 5.73 Å². The summed E-state index contributed by atoms with van der Waals surface area (Å²) in [7, 11) is 0. The number of nitrogens with zero attached hydrogens (tertiary/aromatic N) is 1. The van der Waals surface area contributed by atoms with Gasteiger partial charge in [-0.05, 0) is 36.6 Å². The van der Waals surface area contributed by atoms with Crippen LogP contribution in [0.4, 0.5) is 0 Å². The van der Waals surface area contributed by atoms with Crippen molar-refractivity contribution in [1.82, 2.24) is 4.98 Å². The van der Waals surface area contributed by atoms with Crippen molar-refractivity contribution in [3.8, 4) is 0 Å². The summed E-state index contributed by atoms with van der Waals surface area (Å²) in [6.07, 6.45) is 1.72. The van der Waals surface area contributed by atoms with Crippen molar-refractivity contribution >= 4 is 33.2 Å². The van der Waals surface area contributed by atoms with E-state index in [2.05, 4.69) is 4.98 Å². The Hall–Kier alpha value is -2.53. The highest BCUT2D eigenvalue weighted by Crippen LogP contribution is 2.23. The quantitative estimate of drug-likeness (QED) is 0.704. The van der Waals surface area contributed by atoms with E-state index in [0.29, 0.717) is 29.8 Å². The first-order valence-electron chi connectivity index (χ1n) is 7.41. The Balaban J connectivity index is 1.64. The van der Waals surface area contributed by atoms with Crippen LogP contribution < -0.4 is 5.73 Å². The lowest BCUT2D eigenvalue weighted by Gasteiger charge is -2.05. The van der Waals surface area contributed by atoms with E-state index in [-0.39, 0.29) is 5.78 Å². The van der Waals surface area contributed by atoms with Crippen LogP contribution in [0.5, 0.6) is 0 Å². The average molecular weight is 324 g/mol. The van der Waals surface area contributed by atoms with Crippen molar-refractivity contribution in [1.29, 1.82) is 0 Å². The number of aromatic nitrogens is 1. The van der Waals surface area contributed by atoms with E-state index in [1.807, 2.05) is 36.4 Å². The summed E-state index contributed by atoms with van der Waals surface area (Å²) in [4.78, 5) is 28.0. The van der Waals surface area contributed by atoms with Crippen LogP contribution in [0, 0.1) is 0 Å². The number of amides is 1. The SMILES string of the molecule is NC(=O)c1ccccc1CCCC(=O)c1nc2ccccc2s1. The van der Waals surface area contributed by atoms with E-state index in [4.69, 9.17) is 5.73 Å². The summed E-state index contributed by atoms with van der Waals surface area (Å²) in [6, 6.07) is 15.0. The first-order valence-corrected chi connectivity index (χ1v) is 8.23. The van der Waals surface area contributed by atoms with Gasteiger partial charge in [-0.1, -0.05) is 30.3 Å². The van der Waals surface area contributed by atoms with Crippen molar-refractivity contribution in [2.24, 2.45) is 5.73 Å². The minimum Gasteiger partial charge on any atom is -0.366 e. The van der Waals surface area contributed by atoms with Crippen LogP contribution in [-0.2, 0) is 6.42 Å². The zero-order valence-electron chi connectivity index (χ0n) is 12.5. The fourth-order valence-corrected chi connectivity index (χ4v) is 3.45. The van der Waals surface area contributed by atoms with E-state index in [1.165, 1.54) is 11.3 Å². The maximum absolute atomic E-state index is 12.3. The van der Waals surface area contributed by atoms with Gasteiger partial charge in [-0.2, -0.15) is 0 Å². The Morgan fingerprint density at radius 2 is 1.78 bits per heavy atom. The maximum Gasteiger partial charge on any atom is 0.248 e. The first kappa shape index (κ1) is 15.4. The fourth-order valence-electron chi connectivity index (χ4n) is 2.52. The highest BCUT2D eigenvalue weighted by Gasteiger charge is 2.13. The number of benzene rings is 2. The number of para-hydroxylation sites is 1. The molecule has 3 aromatic rings. The van der Waals surface area contributed by atoms with Crippen LogP contribution in [0.25, 0.3) is 10.2 Å². The van der Waals surface area contributed by atoms with E-state index < -0.39 is 5.91 Å². The number of fused-ring (bicyclic) bond motifs is 1. The molecule has 0 saturated carbocycles. The van der Waals surface area contributed by atoms with Gasteiger partial charge in [0.1, 0.15) is 0 Å². The lowest BCUT2D eigenvalue weighted by Crippen LogP contribution is -2.13. The van der Waals surface area contributed by atoms with Crippen molar-refractivity contribution in [3.05, 3.63) is 64.7 Å². The number of Topliss-reactive ketones (excluding diaryl/α,β-unsaturated/α-hetero) is 1. The first-order chi connectivity index (χ1) is 11.1. The van der Waals surface area contributed by atoms with Crippen molar-refractivity contribution in [2.45, 2.75) is 19.3 Å². The molecule has 0 fully saturated rings. The number of nitrogens with two attached hydrogens (primary N) is 1. The lowest BCUT2D eigenvalue weighted by molar-refractivity contribution is 0.0979. The third-order valence-corrected chi connectivity index (χ3v) is 4.74. The molecule has 5 heteroatoms. The molecule has 2 aromatic carbocycles. The summed E-state index contributed by atoms with van der Waals surface area (Å²) in [6.45, 7) is 0. The standard InChI is InChI=1S/C18H16N2O2S/c19-17(22)13-8-2-1-6-12(13)7-5-10-15(21)18-20-14-9-3-4-11-16(14)23-18/h1-4,6,8-9,11H,5,7,10H2,(H2,19,22). The molecular formula is C18H16N2O2S. The maximum atomic E-state index is 12.3. The summed E-state index contributed by atoms with van der Waals surface area (Å²) in [5, 5.41) is 0.550. The van der Waals surface area contributed by atoms with E-state index in [0.717, 1.165) is 15.8 Å². The molecule has 0 aliphatic rings. The van der Waals surface area contributed by atoms with Crippen LogP contribution in [0.3, 0.4) is 0 Å². The largest absolute Gasteiger partial charge is 0.366 e. The van der Waals surface area contributed by atoms with E-state index >= 15 is 0 Å². The van der Waals surface area contributed by atoms with Gasteiger partial charge in [-0.25, -0.2) is 4.98 Å². The fraction of sp³-hybridized carbons (Fsp3) is 0.167. The molecule has 0 saturated heterocycles. The van der Waals surface area contributed by atoms with Gasteiger partial charge >= 0.3 is 0 Å². The third kappa shape index (κ3) is 3.46. The van der Waals surface area contributed by atoms with Crippen LogP contribution in [-0.4, -0.2) is 16.7 Å². The third-order valence-electron chi connectivity index (χ3n) is 3.67. The predicted molar refractivity (Wildman–Crippen MR) is 91.8 cm³/mol. The van der Waals surface area contributed by atoms with Gasteiger partial charge in [-0.3, -0.25) is 9.59 Å².